The molecule has 0 radical (unpaired) electrons. The minimum Gasteiger partial charge on any atom is -0.515 e. The summed E-state index contributed by atoms with van der Waals surface area (Å²) in [4.78, 5) is 0. The van der Waals surface area contributed by atoms with E-state index in [0.29, 0.717) is 12.3 Å². The summed E-state index contributed by atoms with van der Waals surface area (Å²) < 4.78 is 5.34. The van der Waals surface area contributed by atoms with E-state index in [4.69, 9.17) is 16.2 Å². The molecule has 18 heavy (non-hydrogen) atoms. The van der Waals surface area contributed by atoms with Gasteiger partial charge in [0.1, 0.15) is 0 Å². The maximum Gasteiger partial charge on any atom is 0.183 e. The monoisotopic (exact) mass is 334 g/mol. The fourth-order valence-corrected chi connectivity index (χ4v) is 0.900. The van der Waals surface area contributed by atoms with Crippen LogP contribution in [0.3, 0.4) is 0 Å². The third-order valence-electron chi connectivity index (χ3n) is 1.45. The van der Waals surface area contributed by atoms with Crippen LogP contribution in [-0.2, 0) is 45.7 Å². The number of nitrogens with zero attached hydrogens (tertiary/aromatic N) is 4. The van der Waals surface area contributed by atoms with E-state index in [9.17, 15) is 0 Å². The normalized spacial score (nSPS) is 12.8. The van der Waals surface area contributed by atoms with Crippen LogP contribution in [0, 0.1) is 0 Å². The fraction of sp³-hybridized carbons (Fsp3) is 0.500. The molecule has 0 bridgehead atoms. The largest absolute Gasteiger partial charge is 0.515 e. The van der Waals surface area contributed by atoms with Crippen molar-refractivity contribution in [3.8, 4) is 0 Å². The summed E-state index contributed by atoms with van der Waals surface area (Å²) in [7, 11) is 0. The molecule has 7 nitrogen and oxygen atoms in total. The van der Waals surface area contributed by atoms with Crippen LogP contribution < -0.4 is 11.5 Å². The molecule has 0 fully saturated rings. The van der Waals surface area contributed by atoms with Gasteiger partial charge in [0, 0.05) is 29.3 Å². The van der Waals surface area contributed by atoms with Crippen molar-refractivity contribution in [1.29, 1.82) is 0 Å². The first-order valence-electron chi connectivity index (χ1n) is 4.74. The third-order valence-corrected chi connectivity index (χ3v) is 1.63. The van der Waals surface area contributed by atoms with Gasteiger partial charge in [0.25, 0.3) is 0 Å². The van der Waals surface area contributed by atoms with Crippen molar-refractivity contribution < 1.29 is 21.2 Å². The van der Waals surface area contributed by atoms with Crippen molar-refractivity contribution in [3.05, 3.63) is 10.9 Å². The number of thiol groups is 2. The molecule has 0 aliphatic heterocycles. The van der Waals surface area contributed by atoms with E-state index in [1.807, 2.05) is 6.92 Å². The zero-order valence-corrected chi connectivity index (χ0v) is 12.7. The first kappa shape index (κ1) is 19.8. The molecule has 0 aromatic rings. The minimum absolute atomic E-state index is 0. The van der Waals surface area contributed by atoms with Gasteiger partial charge in [-0.1, -0.05) is 0 Å². The van der Waals surface area contributed by atoms with Gasteiger partial charge in [0.2, 0.25) is 0 Å². The molecule has 0 aliphatic carbocycles. The average molecular weight is 335 g/mol. The molecule has 0 saturated heterocycles. The molecular weight excluding hydrogens is 319 g/mol. The molecule has 1 atom stereocenters. The average Bonchev–Trinajstić information content (AvgIpc) is 2.22. The summed E-state index contributed by atoms with van der Waals surface area (Å²) in [5.74, 6) is 0. The Morgan fingerprint density at radius 2 is 1.89 bits per heavy atom. The van der Waals surface area contributed by atoms with Crippen LogP contribution in [0.5, 0.6) is 0 Å². The van der Waals surface area contributed by atoms with Gasteiger partial charge >= 0.3 is 0 Å². The van der Waals surface area contributed by atoms with Crippen LogP contribution in [0.2, 0.25) is 0 Å². The summed E-state index contributed by atoms with van der Waals surface area (Å²) in [5, 5.41) is 7.58. The second-order valence-corrected chi connectivity index (χ2v) is 3.70. The molecular formula is C8H16N6NiOS2. The zero-order chi connectivity index (χ0) is 13.3. The number of nitrogens with two attached hydrogens (primary N) is 2. The van der Waals surface area contributed by atoms with Crippen LogP contribution in [0.25, 0.3) is 10.9 Å². The maximum atomic E-state index is 5.34. The molecule has 106 valence electrons. The number of ether oxygens (including phenoxy) is 1. The summed E-state index contributed by atoms with van der Waals surface area (Å²) in [6, 6.07) is 0. The van der Waals surface area contributed by atoms with Crippen LogP contribution in [0.15, 0.2) is 10.2 Å². The molecule has 1 unspecified atom stereocenters. The molecule has 0 aromatic heterocycles. The topological polar surface area (TPSA) is 114 Å². The van der Waals surface area contributed by atoms with E-state index >= 15 is 0 Å². The molecule has 0 amide bonds. The Labute approximate surface area is 127 Å². The van der Waals surface area contributed by atoms with Crippen molar-refractivity contribution in [2.24, 2.45) is 21.7 Å². The Morgan fingerprint density at radius 1 is 1.33 bits per heavy atom. The molecule has 10 heteroatoms. The summed E-state index contributed by atoms with van der Waals surface area (Å²) in [5.41, 5.74) is 18.0. The first-order chi connectivity index (χ1) is 7.97. The van der Waals surface area contributed by atoms with E-state index in [-0.39, 0.29) is 32.8 Å². The van der Waals surface area contributed by atoms with Gasteiger partial charge in [0.05, 0.1) is 11.8 Å². The van der Waals surface area contributed by atoms with E-state index in [1.54, 1.807) is 6.92 Å². The minimum atomic E-state index is -0.295. The Bertz CT molecular complexity index is 336. The molecule has 0 aromatic carbocycles. The Balaban J connectivity index is 0. The molecule has 0 spiro atoms. The standard InChI is InChI=1S/C8H16N6OS2.Ni/c1-3-15-5(2)6(12-14-8(10)17)4-11-13-7(9)16;/h4-5H,3H2,1-2H3,(H6,9,10,11,12,13,14,16,17);. The quantitative estimate of drug-likeness (QED) is 0.165. The van der Waals surface area contributed by atoms with Crippen molar-refractivity contribution >= 4 is 46.6 Å². The van der Waals surface area contributed by atoms with Gasteiger partial charge < -0.3 is 25.8 Å². The molecule has 4 N–H and O–H groups in total. The maximum absolute atomic E-state index is 5.34. The van der Waals surface area contributed by atoms with Crippen molar-refractivity contribution in [2.75, 3.05) is 6.61 Å². The predicted octanol–water partition coefficient (Wildman–Crippen LogP) is -0.851. The number of hydrogen-bond acceptors (Lipinski definition) is 3. The fourth-order valence-electron chi connectivity index (χ4n) is 0.804. The van der Waals surface area contributed by atoms with Crippen molar-refractivity contribution in [1.82, 2.24) is 0 Å². The molecule has 0 heterocycles. The SMILES string of the molecule is CCOC(C)C(C=N[N-]C(N)=[SH+])=N[N-]C(N)=[SH+].[Ni]. The van der Waals surface area contributed by atoms with Gasteiger partial charge in [-0.15, -0.1) is 0 Å². The van der Waals surface area contributed by atoms with Gasteiger partial charge in [-0.05, 0) is 13.8 Å². The molecule has 0 rings (SSSR count). The zero-order valence-electron chi connectivity index (χ0n) is 9.92. The Morgan fingerprint density at radius 3 is 2.33 bits per heavy atom. The molecule has 0 aliphatic rings. The smallest absolute Gasteiger partial charge is 0.183 e. The van der Waals surface area contributed by atoms with Crippen LogP contribution >= 0.6 is 0 Å². The second kappa shape index (κ2) is 11.6. The number of rotatable bonds is 6. The van der Waals surface area contributed by atoms with Crippen LogP contribution in [-0.4, -0.2) is 34.9 Å². The van der Waals surface area contributed by atoms with Gasteiger partial charge in [-0.2, -0.15) is 0 Å². The summed E-state index contributed by atoms with van der Waals surface area (Å²) in [6.45, 7) is 4.20. The van der Waals surface area contributed by atoms with Crippen LogP contribution in [0.1, 0.15) is 13.8 Å². The summed E-state index contributed by atoms with van der Waals surface area (Å²) in [6.07, 6.45) is 1.07. The van der Waals surface area contributed by atoms with E-state index in [2.05, 4.69) is 45.5 Å². The van der Waals surface area contributed by atoms with Gasteiger partial charge in [-0.25, -0.2) is 0 Å². The van der Waals surface area contributed by atoms with Gasteiger partial charge in [0.15, 0.2) is 34.7 Å². The van der Waals surface area contributed by atoms with Crippen molar-refractivity contribution in [2.45, 2.75) is 20.0 Å². The second-order valence-electron chi connectivity index (χ2n) is 2.78. The van der Waals surface area contributed by atoms with E-state index in [0.717, 1.165) is 0 Å². The third kappa shape index (κ3) is 10.6. The first-order valence-corrected chi connectivity index (χ1v) is 5.63. The van der Waals surface area contributed by atoms with Gasteiger partial charge in [-0.3, -0.25) is 11.5 Å². The van der Waals surface area contributed by atoms with Crippen molar-refractivity contribution in [3.63, 3.8) is 0 Å². The molecule has 0 saturated carbocycles. The predicted molar refractivity (Wildman–Crippen MR) is 79.6 cm³/mol. The van der Waals surface area contributed by atoms with Crippen LogP contribution in [0.4, 0.5) is 0 Å². The Kier molecular flexibility index (Phi) is 12.7. The number of hydrogen-bond donors (Lipinski definition) is 2. The van der Waals surface area contributed by atoms with E-state index < -0.39 is 0 Å². The van der Waals surface area contributed by atoms with E-state index in [1.165, 1.54) is 6.21 Å². The summed E-state index contributed by atoms with van der Waals surface area (Å²) >= 11 is 7.55. The Hall–Kier alpha value is -0.506.